The summed E-state index contributed by atoms with van der Waals surface area (Å²) in [5, 5.41) is 0. The van der Waals surface area contributed by atoms with Crippen molar-refractivity contribution in [3.8, 4) is 0 Å². The monoisotopic (exact) mass is 174 g/mol. The second kappa shape index (κ2) is 3.18. The Hall–Kier alpha value is -1.36. The van der Waals surface area contributed by atoms with Crippen LogP contribution >= 0.6 is 0 Å². The number of pyridine rings is 1. The molecule has 0 bridgehead atoms. The molecule has 0 aliphatic carbocycles. The van der Waals surface area contributed by atoms with Crippen LogP contribution in [-0.4, -0.2) is 4.98 Å². The number of aryl methyl sites for hydroxylation is 1. The number of nitrogens with zero attached hydrogens (tertiary/aromatic N) is 2. The van der Waals surface area contributed by atoms with Gasteiger partial charge in [-0.25, -0.2) is 4.85 Å². The molecule has 0 radical (unpaired) electrons. The zero-order valence-electron chi connectivity index (χ0n) is 8.55. The third kappa shape index (κ3) is 2.06. The second-order valence-corrected chi connectivity index (χ2v) is 4.22. The van der Waals surface area contributed by atoms with Crippen molar-refractivity contribution in [2.45, 2.75) is 33.1 Å². The molecule has 68 valence electrons. The van der Waals surface area contributed by atoms with E-state index in [-0.39, 0.29) is 5.41 Å². The minimum absolute atomic E-state index is 0.0602. The topological polar surface area (TPSA) is 17.2 Å². The summed E-state index contributed by atoms with van der Waals surface area (Å²) in [6.07, 6.45) is 1.64. The first-order valence-corrected chi connectivity index (χ1v) is 4.30. The van der Waals surface area contributed by atoms with Gasteiger partial charge >= 0.3 is 0 Å². The highest BCUT2D eigenvalue weighted by molar-refractivity contribution is 5.46. The van der Waals surface area contributed by atoms with Crippen molar-refractivity contribution < 1.29 is 0 Å². The van der Waals surface area contributed by atoms with E-state index in [0.29, 0.717) is 5.69 Å². The van der Waals surface area contributed by atoms with Crippen LogP contribution in [0.2, 0.25) is 0 Å². The van der Waals surface area contributed by atoms with Crippen LogP contribution in [0, 0.1) is 13.5 Å². The fourth-order valence-electron chi connectivity index (χ4n) is 1.41. The molecule has 1 aromatic rings. The number of aromatic nitrogens is 1. The van der Waals surface area contributed by atoms with Crippen LogP contribution < -0.4 is 0 Å². The summed E-state index contributed by atoms with van der Waals surface area (Å²) in [7, 11) is 0. The molecule has 0 saturated carbocycles. The Kier molecular flexibility index (Phi) is 2.38. The predicted molar refractivity (Wildman–Crippen MR) is 53.9 cm³/mol. The van der Waals surface area contributed by atoms with E-state index >= 15 is 0 Å². The summed E-state index contributed by atoms with van der Waals surface area (Å²) < 4.78 is 0. The zero-order valence-corrected chi connectivity index (χ0v) is 8.55. The van der Waals surface area contributed by atoms with Crippen molar-refractivity contribution in [1.82, 2.24) is 4.98 Å². The molecule has 0 N–H and O–H groups in total. The van der Waals surface area contributed by atoms with Crippen molar-refractivity contribution in [2.75, 3.05) is 0 Å². The molecular weight excluding hydrogens is 160 g/mol. The molecule has 1 aromatic heterocycles. The van der Waals surface area contributed by atoms with Gasteiger partial charge in [0.2, 0.25) is 5.69 Å². The van der Waals surface area contributed by atoms with Gasteiger partial charge in [0.1, 0.15) is 0 Å². The first-order chi connectivity index (χ1) is 5.95. The van der Waals surface area contributed by atoms with Gasteiger partial charge in [0.05, 0.1) is 6.57 Å². The first-order valence-electron chi connectivity index (χ1n) is 4.30. The van der Waals surface area contributed by atoms with Gasteiger partial charge in [-0.1, -0.05) is 26.8 Å². The van der Waals surface area contributed by atoms with E-state index in [1.807, 2.05) is 13.0 Å². The lowest BCUT2D eigenvalue weighted by molar-refractivity contribution is 0.564. The van der Waals surface area contributed by atoms with Crippen molar-refractivity contribution in [1.29, 1.82) is 0 Å². The van der Waals surface area contributed by atoms with Gasteiger partial charge in [-0.3, -0.25) is 4.98 Å². The maximum absolute atomic E-state index is 6.85. The molecule has 0 aliphatic heterocycles. The number of rotatable bonds is 0. The maximum atomic E-state index is 6.85. The number of hydrogen-bond donors (Lipinski definition) is 0. The largest absolute Gasteiger partial charge is 0.272 e. The van der Waals surface area contributed by atoms with Crippen LogP contribution in [0.4, 0.5) is 5.69 Å². The van der Waals surface area contributed by atoms with Crippen LogP contribution in [0.25, 0.3) is 4.85 Å². The molecule has 0 unspecified atom stereocenters. The lowest BCUT2D eigenvalue weighted by atomic mass is 9.89. The molecule has 0 saturated heterocycles. The number of hydrogen-bond acceptors (Lipinski definition) is 1. The van der Waals surface area contributed by atoms with Crippen molar-refractivity contribution in [3.05, 3.63) is 34.9 Å². The summed E-state index contributed by atoms with van der Waals surface area (Å²) in [5.74, 6) is 0. The SMILES string of the molecule is [C-]#[N+]c1cnc(C(C)(C)C)c(C)c1. The Bertz CT molecular complexity index is 353. The Labute approximate surface area is 79.4 Å². The summed E-state index contributed by atoms with van der Waals surface area (Å²) in [4.78, 5) is 7.65. The molecule has 0 amide bonds. The average molecular weight is 174 g/mol. The van der Waals surface area contributed by atoms with Gasteiger partial charge in [-0.2, -0.15) is 0 Å². The van der Waals surface area contributed by atoms with Crippen LogP contribution in [-0.2, 0) is 5.41 Å². The molecule has 2 heteroatoms. The van der Waals surface area contributed by atoms with Gasteiger partial charge in [-0.05, 0) is 12.5 Å². The Morgan fingerprint density at radius 2 is 2.00 bits per heavy atom. The fraction of sp³-hybridized carbons (Fsp3) is 0.455. The van der Waals surface area contributed by atoms with Crippen LogP contribution in [0.1, 0.15) is 32.0 Å². The predicted octanol–water partition coefficient (Wildman–Crippen LogP) is 3.24. The molecule has 0 aromatic carbocycles. The third-order valence-corrected chi connectivity index (χ3v) is 1.90. The smallest absolute Gasteiger partial charge is 0.205 e. The highest BCUT2D eigenvalue weighted by atomic mass is 14.8. The van der Waals surface area contributed by atoms with Gasteiger partial charge in [-0.15, -0.1) is 0 Å². The van der Waals surface area contributed by atoms with Crippen LogP contribution in [0.5, 0.6) is 0 Å². The van der Waals surface area contributed by atoms with Crippen molar-refractivity contribution in [3.63, 3.8) is 0 Å². The van der Waals surface area contributed by atoms with E-state index in [1.54, 1.807) is 6.20 Å². The van der Waals surface area contributed by atoms with Gasteiger partial charge in [0, 0.05) is 17.3 Å². The van der Waals surface area contributed by atoms with Crippen molar-refractivity contribution >= 4 is 5.69 Å². The van der Waals surface area contributed by atoms with Crippen LogP contribution in [0.3, 0.4) is 0 Å². The van der Waals surface area contributed by atoms with Crippen LogP contribution in [0.15, 0.2) is 12.3 Å². The maximum Gasteiger partial charge on any atom is 0.205 e. The summed E-state index contributed by atoms with van der Waals surface area (Å²) in [6, 6.07) is 1.89. The molecular formula is C11H14N2. The molecule has 0 atom stereocenters. The first kappa shape index (κ1) is 9.73. The minimum atomic E-state index is 0.0602. The molecule has 1 heterocycles. The van der Waals surface area contributed by atoms with E-state index < -0.39 is 0 Å². The van der Waals surface area contributed by atoms with E-state index in [9.17, 15) is 0 Å². The standard InChI is InChI=1S/C11H14N2/c1-8-6-9(12-5)7-13-10(8)11(2,3)4/h6-7H,1-4H3. The zero-order chi connectivity index (χ0) is 10.1. The normalized spacial score (nSPS) is 11.0. The van der Waals surface area contributed by atoms with E-state index in [4.69, 9.17) is 6.57 Å². The summed E-state index contributed by atoms with van der Waals surface area (Å²) >= 11 is 0. The third-order valence-electron chi connectivity index (χ3n) is 1.90. The average Bonchev–Trinajstić information content (AvgIpc) is 2.01. The van der Waals surface area contributed by atoms with E-state index in [0.717, 1.165) is 11.3 Å². The highest BCUT2D eigenvalue weighted by Gasteiger charge is 2.17. The fourth-order valence-corrected chi connectivity index (χ4v) is 1.41. The lowest BCUT2D eigenvalue weighted by Gasteiger charge is -2.19. The van der Waals surface area contributed by atoms with Gasteiger partial charge < -0.3 is 0 Å². The molecule has 0 fully saturated rings. The van der Waals surface area contributed by atoms with Gasteiger partial charge in [0.25, 0.3) is 0 Å². The molecule has 0 aliphatic rings. The second-order valence-electron chi connectivity index (χ2n) is 4.22. The molecule has 13 heavy (non-hydrogen) atoms. The Balaban J connectivity index is 3.23. The van der Waals surface area contributed by atoms with Gasteiger partial charge in [0.15, 0.2) is 0 Å². The van der Waals surface area contributed by atoms with Crippen molar-refractivity contribution in [2.24, 2.45) is 0 Å². The lowest BCUT2D eigenvalue weighted by Crippen LogP contribution is -2.14. The quantitative estimate of drug-likeness (QED) is 0.552. The Morgan fingerprint density at radius 3 is 2.38 bits per heavy atom. The van der Waals surface area contributed by atoms with E-state index in [1.165, 1.54) is 0 Å². The molecule has 0 spiro atoms. The highest BCUT2D eigenvalue weighted by Crippen LogP contribution is 2.25. The summed E-state index contributed by atoms with van der Waals surface area (Å²) in [6.45, 7) is 15.2. The molecule has 2 nitrogen and oxygen atoms in total. The Morgan fingerprint density at radius 1 is 1.38 bits per heavy atom. The molecule has 1 rings (SSSR count). The minimum Gasteiger partial charge on any atom is -0.272 e. The summed E-state index contributed by atoms with van der Waals surface area (Å²) in [5.41, 5.74) is 2.84. The van der Waals surface area contributed by atoms with E-state index in [2.05, 4.69) is 30.6 Å².